The highest BCUT2D eigenvalue weighted by Crippen LogP contribution is 2.22. The molecule has 5 heteroatoms. The first kappa shape index (κ1) is 8.04. The lowest BCUT2D eigenvalue weighted by atomic mass is 10.2. The molecule has 0 atom stereocenters. The van der Waals surface area contributed by atoms with Crippen LogP contribution in [0, 0.1) is 5.82 Å². The van der Waals surface area contributed by atoms with Gasteiger partial charge in [0.15, 0.2) is 5.82 Å². The molecule has 0 saturated carbocycles. The number of halogens is 1. The van der Waals surface area contributed by atoms with Crippen molar-refractivity contribution in [1.29, 1.82) is 0 Å². The highest BCUT2D eigenvalue weighted by atomic mass is 32.1. The minimum absolute atomic E-state index is 0.322. The number of H-pyrrole nitrogens is 1. The smallest absolute Gasteiger partial charge is 0.166 e. The van der Waals surface area contributed by atoms with E-state index in [0.717, 1.165) is 5.39 Å². The second kappa shape index (κ2) is 3.05. The van der Waals surface area contributed by atoms with Gasteiger partial charge in [0.25, 0.3) is 0 Å². The van der Waals surface area contributed by atoms with Crippen LogP contribution in [0.2, 0.25) is 0 Å². The van der Waals surface area contributed by atoms with Gasteiger partial charge in [-0.15, -0.1) is 0 Å². The third-order valence-corrected chi connectivity index (χ3v) is 1.75. The number of isothiocyanates is 1. The third-order valence-electron chi connectivity index (χ3n) is 1.65. The van der Waals surface area contributed by atoms with E-state index in [1.54, 1.807) is 6.07 Å². The van der Waals surface area contributed by atoms with Crippen molar-refractivity contribution in [2.24, 2.45) is 4.99 Å². The molecule has 0 fully saturated rings. The molecule has 0 aliphatic rings. The number of hydrogen-bond donors (Lipinski definition) is 1. The van der Waals surface area contributed by atoms with Gasteiger partial charge < -0.3 is 0 Å². The number of benzene rings is 1. The number of aromatic nitrogens is 2. The molecule has 2 rings (SSSR count). The van der Waals surface area contributed by atoms with E-state index in [1.165, 1.54) is 12.1 Å². The number of aliphatic imine (C=N–C) groups is 1. The van der Waals surface area contributed by atoms with E-state index in [2.05, 4.69) is 32.6 Å². The molecular formula is C8H4FN3S. The van der Waals surface area contributed by atoms with Gasteiger partial charge in [0.05, 0.1) is 10.7 Å². The van der Waals surface area contributed by atoms with E-state index in [9.17, 15) is 4.39 Å². The summed E-state index contributed by atoms with van der Waals surface area (Å²) in [7, 11) is 0. The van der Waals surface area contributed by atoms with Crippen LogP contribution in [-0.2, 0) is 0 Å². The maximum atomic E-state index is 12.7. The summed E-state index contributed by atoms with van der Waals surface area (Å²) in [5.41, 5.74) is 0.531. The Morgan fingerprint density at radius 1 is 1.54 bits per heavy atom. The monoisotopic (exact) mass is 193 g/mol. The van der Waals surface area contributed by atoms with E-state index in [1.807, 2.05) is 0 Å². The van der Waals surface area contributed by atoms with Gasteiger partial charge in [-0.25, -0.2) is 4.39 Å². The van der Waals surface area contributed by atoms with Crippen LogP contribution < -0.4 is 0 Å². The second-order valence-corrected chi connectivity index (χ2v) is 2.62. The van der Waals surface area contributed by atoms with Crippen LogP contribution in [0.25, 0.3) is 10.9 Å². The van der Waals surface area contributed by atoms with Crippen molar-refractivity contribution >= 4 is 34.1 Å². The van der Waals surface area contributed by atoms with Crippen LogP contribution in [-0.4, -0.2) is 15.4 Å². The van der Waals surface area contributed by atoms with Crippen LogP contribution >= 0.6 is 12.2 Å². The van der Waals surface area contributed by atoms with Gasteiger partial charge in [-0.2, -0.15) is 10.1 Å². The number of thiocarbonyl (C=S) groups is 1. The van der Waals surface area contributed by atoms with Crippen molar-refractivity contribution in [1.82, 2.24) is 10.2 Å². The predicted octanol–water partition coefficient (Wildman–Crippen LogP) is 2.44. The molecule has 0 aliphatic heterocycles. The summed E-state index contributed by atoms with van der Waals surface area (Å²) < 4.78 is 12.7. The topological polar surface area (TPSA) is 41.0 Å². The van der Waals surface area contributed by atoms with Crippen LogP contribution in [0.5, 0.6) is 0 Å². The Kier molecular flexibility index (Phi) is 1.88. The van der Waals surface area contributed by atoms with Crippen LogP contribution in [0.1, 0.15) is 0 Å². The Labute approximate surface area is 78.3 Å². The zero-order valence-corrected chi connectivity index (χ0v) is 7.23. The molecule has 3 nitrogen and oxygen atoms in total. The summed E-state index contributed by atoms with van der Waals surface area (Å²) in [4.78, 5) is 3.75. The summed E-state index contributed by atoms with van der Waals surface area (Å²) in [5.74, 6) is 0.182. The lowest BCUT2D eigenvalue weighted by Crippen LogP contribution is -1.72. The summed E-state index contributed by atoms with van der Waals surface area (Å²) in [6.07, 6.45) is 0. The van der Waals surface area contributed by atoms with E-state index in [0.29, 0.717) is 11.3 Å². The lowest BCUT2D eigenvalue weighted by molar-refractivity contribution is 0.629. The van der Waals surface area contributed by atoms with Gasteiger partial charge in [-0.05, 0) is 24.4 Å². The first-order valence-electron chi connectivity index (χ1n) is 3.53. The van der Waals surface area contributed by atoms with Crippen molar-refractivity contribution in [2.45, 2.75) is 0 Å². The van der Waals surface area contributed by atoms with E-state index in [-0.39, 0.29) is 5.82 Å². The number of aromatic amines is 1. The molecule has 13 heavy (non-hydrogen) atoms. The molecule has 0 spiro atoms. The Hall–Kier alpha value is -1.58. The zero-order valence-electron chi connectivity index (χ0n) is 6.41. The molecule has 0 bridgehead atoms. The molecule has 0 saturated heterocycles. The molecule has 0 aliphatic carbocycles. The number of nitrogens with one attached hydrogen (secondary N) is 1. The maximum Gasteiger partial charge on any atom is 0.166 e. The molecule has 0 unspecified atom stereocenters. The van der Waals surface area contributed by atoms with Gasteiger partial charge in [0.2, 0.25) is 0 Å². The molecule has 1 heterocycles. The minimum Gasteiger partial charge on any atom is -0.260 e. The summed E-state index contributed by atoms with van der Waals surface area (Å²) in [5, 5.41) is 9.44. The standard InChI is InChI=1S/C8H4FN3S/c9-5-1-2-6-7(3-5)11-12-8(6)10-4-13/h1-3H,(H,11,12). The molecule has 0 radical (unpaired) electrons. The summed E-state index contributed by atoms with van der Waals surface area (Å²) in [6.45, 7) is 0. The Bertz CT molecular complexity index is 499. The molecule has 1 N–H and O–H groups in total. The molecule has 64 valence electrons. The van der Waals surface area contributed by atoms with Gasteiger partial charge in [0.1, 0.15) is 5.82 Å². The van der Waals surface area contributed by atoms with Crippen molar-refractivity contribution in [2.75, 3.05) is 0 Å². The fourth-order valence-corrected chi connectivity index (χ4v) is 1.19. The average molecular weight is 193 g/mol. The molecule has 1 aromatic carbocycles. The molecule has 0 amide bonds. The Balaban J connectivity index is 2.75. The Morgan fingerprint density at radius 3 is 3.15 bits per heavy atom. The van der Waals surface area contributed by atoms with Crippen molar-refractivity contribution in [3.8, 4) is 0 Å². The van der Waals surface area contributed by atoms with Gasteiger partial charge >= 0.3 is 0 Å². The summed E-state index contributed by atoms with van der Waals surface area (Å²) >= 11 is 4.45. The molecule has 2 aromatic rings. The number of fused-ring (bicyclic) bond motifs is 1. The third kappa shape index (κ3) is 1.35. The van der Waals surface area contributed by atoms with Gasteiger partial charge in [-0.3, -0.25) is 5.10 Å². The SMILES string of the molecule is Fc1ccc2c(N=C=S)[nH]nc2c1. The van der Waals surface area contributed by atoms with Crippen LogP contribution in [0.15, 0.2) is 23.2 Å². The lowest BCUT2D eigenvalue weighted by Gasteiger charge is -1.87. The van der Waals surface area contributed by atoms with Crippen molar-refractivity contribution in [3.63, 3.8) is 0 Å². The fourth-order valence-electron chi connectivity index (χ4n) is 1.10. The minimum atomic E-state index is -0.322. The first-order chi connectivity index (χ1) is 6.31. The number of nitrogens with zero attached hydrogens (tertiary/aromatic N) is 2. The maximum absolute atomic E-state index is 12.7. The fraction of sp³-hybridized carbons (Fsp3) is 0. The highest BCUT2D eigenvalue weighted by molar-refractivity contribution is 7.78. The summed E-state index contributed by atoms with van der Waals surface area (Å²) in [6, 6.07) is 4.27. The first-order valence-corrected chi connectivity index (χ1v) is 3.93. The predicted molar refractivity (Wildman–Crippen MR) is 50.7 cm³/mol. The number of rotatable bonds is 1. The largest absolute Gasteiger partial charge is 0.260 e. The van der Waals surface area contributed by atoms with Crippen molar-refractivity contribution in [3.05, 3.63) is 24.0 Å². The van der Waals surface area contributed by atoms with E-state index < -0.39 is 0 Å². The quantitative estimate of drug-likeness (QED) is 0.558. The van der Waals surface area contributed by atoms with Crippen LogP contribution in [0.4, 0.5) is 10.2 Å². The van der Waals surface area contributed by atoms with Gasteiger partial charge in [-0.1, -0.05) is 0 Å². The Morgan fingerprint density at radius 2 is 2.38 bits per heavy atom. The average Bonchev–Trinajstić information content (AvgIpc) is 2.49. The molecular weight excluding hydrogens is 189 g/mol. The second-order valence-electron chi connectivity index (χ2n) is 2.44. The van der Waals surface area contributed by atoms with Gasteiger partial charge in [0, 0.05) is 11.5 Å². The van der Waals surface area contributed by atoms with E-state index in [4.69, 9.17) is 0 Å². The highest BCUT2D eigenvalue weighted by Gasteiger charge is 2.03. The van der Waals surface area contributed by atoms with Crippen molar-refractivity contribution < 1.29 is 4.39 Å². The number of hydrogen-bond acceptors (Lipinski definition) is 3. The zero-order chi connectivity index (χ0) is 9.26. The van der Waals surface area contributed by atoms with Crippen LogP contribution in [0.3, 0.4) is 0 Å². The van der Waals surface area contributed by atoms with E-state index >= 15 is 0 Å². The molecule has 1 aromatic heterocycles. The normalized spacial score (nSPS) is 9.92.